The van der Waals surface area contributed by atoms with Gasteiger partial charge in [0.15, 0.2) is 0 Å². The number of hydrogen-bond donors (Lipinski definition) is 3. The summed E-state index contributed by atoms with van der Waals surface area (Å²) >= 11 is 0. The number of aliphatic hydroxyl groups is 1. The van der Waals surface area contributed by atoms with Gasteiger partial charge in [-0.25, -0.2) is 4.79 Å². The first-order chi connectivity index (χ1) is 5.72. The normalized spacial score (nSPS) is 29.8. The quantitative estimate of drug-likeness (QED) is 0.556. The SMILES string of the molecule is NC(=O)NC1CCC(CO)CC1. The minimum Gasteiger partial charge on any atom is -0.396 e. The first kappa shape index (κ1) is 9.32. The molecule has 0 spiro atoms. The summed E-state index contributed by atoms with van der Waals surface area (Å²) in [6.45, 7) is 0.267. The van der Waals surface area contributed by atoms with Crippen molar-refractivity contribution in [3.8, 4) is 0 Å². The Morgan fingerprint density at radius 1 is 1.42 bits per heavy atom. The second-order valence-corrected chi connectivity index (χ2v) is 3.41. The van der Waals surface area contributed by atoms with Crippen LogP contribution < -0.4 is 11.1 Å². The molecule has 0 bridgehead atoms. The van der Waals surface area contributed by atoms with Crippen molar-refractivity contribution < 1.29 is 9.90 Å². The van der Waals surface area contributed by atoms with E-state index in [1.807, 2.05) is 0 Å². The Balaban J connectivity index is 2.21. The third-order valence-corrected chi connectivity index (χ3v) is 2.45. The Hall–Kier alpha value is -0.770. The van der Waals surface area contributed by atoms with Crippen LogP contribution in [0.15, 0.2) is 0 Å². The Morgan fingerprint density at radius 3 is 2.42 bits per heavy atom. The number of primary amides is 1. The lowest BCUT2D eigenvalue weighted by molar-refractivity contribution is 0.175. The van der Waals surface area contributed by atoms with E-state index in [0.29, 0.717) is 5.92 Å². The maximum absolute atomic E-state index is 10.5. The molecule has 0 saturated heterocycles. The van der Waals surface area contributed by atoms with Crippen molar-refractivity contribution in [1.29, 1.82) is 0 Å². The predicted molar refractivity (Wildman–Crippen MR) is 45.6 cm³/mol. The van der Waals surface area contributed by atoms with E-state index in [4.69, 9.17) is 10.8 Å². The van der Waals surface area contributed by atoms with Gasteiger partial charge in [-0.1, -0.05) is 0 Å². The molecule has 2 amide bonds. The maximum atomic E-state index is 10.5. The molecule has 1 aliphatic carbocycles. The van der Waals surface area contributed by atoms with Crippen LogP contribution in [0.4, 0.5) is 4.79 Å². The first-order valence-corrected chi connectivity index (χ1v) is 4.39. The fraction of sp³-hybridized carbons (Fsp3) is 0.875. The second-order valence-electron chi connectivity index (χ2n) is 3.41. The van der Waals surface area contributed by atoms with Crippen molar-refractivity contribution in [2.24, 2.45) is 11.7 Å². The van der Waals surface area contributed by atoms with Crippen molar-refractivity contribution in [3.05, 3.63) is 0 Å². The van der Waals surface area contributed by atoms with Crippen LogP contribution in [-0.4, -0.2) is 23.8 Å². The lowest BCUT2D eigenvalue weighted by Crippen LogP contribution is -2.41. The molecular weight excluding hydrogens is 156 g/mol. The molecule has 12 heavy (non-hydrogen) atoms. The average Bonchev–Trinajstić information content (AvgIpc) is 2.05. The summed E-state index contributed by atoms with van der Waals surface area (Å²) in [6, 6.07) is -0.215. The topological polar surface area (TPSA) is 75.4 Å². The van der Waals surface area contributed by atoms with E-state index in [-0.39, 0.29) is 12.6 Å². The highest BCUT2D eigenvalue weighted by Gasteiger charge is 2.20. The number of urea groups is 1. The van der Waals surface area contributed by atoms with E-state index in [2.05, 4.69) is 5.32 Å². The number of carbonyl (C=O) groups excluding carboxylic acids is 1. The highest BCUT2D eigenvalue weighted by Crippen LogP contribution is 2.23. The molecule has 0 aromatic rings. The highest BCUT2D eigenvalue weighted by atomic mass is 16.3. The van der Waals surface area contributed by atoms with Crippen LogP contribution in [0.3, 0.4) is 0 Å². The standard InChI is InChI=1S/C8H16N2O2/c9-8(12)10-7-3-1-6(5-11)2-4-7/h6-7,11H,1-5H2,(H3,9,10,12). The van der Waals surface area contributed by atoms with Gasteiger partial charge in [0, 0.05) is 12.6 Å². The van der Waals surface area contributed by atoms with Crippen LogP contribution in [0.5, 0.6) is 0 Å². The molecule has 0 heterocycles. The summed E-state index contributed by atoms with van der Waals surface area (Å²) < 4.78 is 0. The van der Waals surface area contributed by atoms with Gasteiger partial charge < -0.3 is 16.2 Å². The Bertz CT molecular complexity index is 153. The van der Waals surface area contributed by atoms with E-state index >= 15 is 0 Å². The molecule has 0 atom stereocenters. The van der Waals surface area contributed by atoms with E-state index in [1.165, 1.54) is 0 Å². The molecule has 0 aliphatic heterocycles. The predicted octanol–water partition coefficient (Wildman–Crippen LogP) is 0.206. The molecule has 4 N–H and O–H groups in total. The van der Waals surface area contributed by atoms with Gasteiger partial charge in [0.1, 0.15) is 0 Å². The Morgan fingerprint density at radius 2 is 2.00 bits per heavy atom. The van der Waals surface area contributed by atoms with Crippen LogP contribution in [-0.2, 0) is 0 Å². The largest absolute Gasteiger partial charge is 0.396 e. The molecule has 70 valence electrons. The zero-order valence-electron chi connectivity index (χ0n) is 7.12. The number of nitrogens with two attached hydrogens (primary N) is 1. The van der Waals surface area contributed by atoms with E-state index in [1.54, 1.807) is 0 Å². The van der Waals surface area contributed by atoms with Crippen molar-refractivity contribution in [2.45, 2.75) is 31.7 Å². The zero-order chi connectivity index (χ0) is 8.97. The molecule has 4 nitrogen and oxygen atoms in total. The Labute approximate surface area is 72.1 Å². The van der Waals surface area contributed by atoms with E-state index < -0.39 is 6.03 Å². The highest BCUT2D eigenvalue weighted by molar-refractivity contribution is 5.71. The van der Waals surface area contributed by atoms with E-state index in [0.717, 1.165) is 25.7 Å². The molecule has 4 heteroatoms. The van der Waals surface area contributed by atoms with Crippen LogP contribution in [0, 0.1) is 5.92 Å². The van der Waals surface area contributed by atoms with Gasteiger partial charge in [-0.15, -0.1) is 0 Å². The third-order valence-electron chi connectivity index (χ3n) is 2.45. The molecule has 0 aromatic heterocycles. The van der Waals surface area contributed by atoms with Gasteiger partial charge in [-0.3, -0.25) is 0 Å². The Kier molecular flexibility index (Phi) is 3.34. The lowest BCUT2D eigenvalue weighted by Gasteiger charge is -2.27. The number of amides is 2. The molecule has 1 fully saturated rings. The van der Waals surface area contributed by atoms with Crippen LogP contribution in [0.1, 0.15) is 25.7 Å². The molecule has 1 saturated carbocycles. The van der Waals surface area contributed by atoms with Crippen LogP contribution in [0.25, 0.3) is 0 Å². The van der Waals surface area contributed by atoms with Gasteiger partial charge in [0.05, 0.1) is 0 Å². The summed E-state index contributed by atoms with van der Waals surface area (Å²) in [7, 11) is 0. The minimum absolute atomic E-state index is 0.227. The fourth-order valence-electron chi connectivity index (χ4n) is 1.69. The third kappa shape index (κ3) is 2.70. The average molecular weight is 172 g/mol. The second kappa shape index (κ2) is 4.30. The number of nitrogens with one attached hydrogen (secondary N) is 1. The van der Waals surface area contributed by atoms with E-state index in [9.17, 15) is 4.79 Å². The van der Waals surface area contributed by atoms with Crippen molar-refractivity contribution in [1.82, 2.24) is 5.32 Å². The van der Waals surface area contributed by atoms with Gasteiger partial charge in [-0.2, -0.15) is 0 Å². The summed E-state index contributed by atoms with van der Waals surface area (Å²) in [5.74, 6) is 0.427. The smallest absolute Gasteiger partial charge is 0.312 e. The fourth-order valence-corrected chi connectivity index (χ4v) is 1.69. The lowest BCUT2D eigenvalue weighted by atomic mass is 9.87. The summed E-state index contributed by atoms with van der Waals surface area (Å²) in [6.07, 6.45) is 3.85. The van der Waals surface area contributed by atoms with Crippen LogP contribution >= 0.6 is 0 Å². The van der Waals surface area contributed by atoms with Gasteiger partial charge in [0.25, 0.3) is 0 Å². The molecule has 0 radical (unpaired) electrons. The summed E-state index contributed by atoms with van der Waals surface area (Å²) in [5, 5.41) is 11.5. The minimum atomic E-state index is -0.442. The molecule has 1 aliphatic rings. The van der Waals surface area contributed by atoms with Gasteiger partial charge in [-0.05, 0) is 31.6 Å². The number of rotatable bonds is 2. The maximum Gasteiger partial charge on any atom is 0.312 e. The first-order valence-electron chi connectivity index (χ1n) is 4.39. The summed E-state index contributed by atoms with van der Waals surface area (Å²) in [4.78, 5) is 10.5. The summed E-state index contributed by atoms with van der Waals surface area (Å²) in [5.41, 5.74) is 4.99. The molecule has 0 aromatic carbocycles. The molecular formula is C8H16N2O2. The van der Waals surface area contributed by atoms with Crippen molar-refractivity contribution in [2.75, 3.05) is 6.61 Å². The zero-order valence-corrected chi connectivity index (χ0v) is 7.12. The van der Waals surface area contributed by atoms with Gasteiger partial charge in [0.2, 0.25) is 0 Å². The van der Waals surface area contributed by atoms with Gasteiger partial charge >= 0.3 is 6.03 Å². The molecule has 1 rings (SSSR count). The van der Waals surface area contributed by atoms with Crippen molar-refractivity contribution in [3.63, 3.8) is 0 Å². The number of aliphatic hydroxyl groups excluding tert-OH is 1. The number of hydrogen-bond acceptors (Lipinski definition) is 2. The monoisotopic (exact) mass is 172 g/mol. The number of carbonyl (C=O) groups is 1. The van der Waals surface area contributed by atoms with Crippen molar-refractivity contribution >= 4 is 6.03 Å². The van der Waals surface area contributed by atoms with Crippen LogP contribution in [0.2, 0.25) is 0 Å². The molecule has 0 unspecified atom stereocenters.